The maximum Gasteiger partial charge on any atom is 0.0728 e. The van der Waals surface area contributed by atoms with E-state index in [0.29, 0.717) is 6.10 Å². The Balaban J connectivity index is 2.15. The van der Waals surface area contributed by atoms with Crippen LogP contribution in [0.5, 0.6) is 0 Å². The summed E-state index contributed by atoms with van der Waals surface area (Å²) in [7, 11) is 4.15. The fourth-order valence-electron chi connectivity index (χ4n) is 1.69. The Hall–Kier alpha value is -0.120. The zero-order chi connectivity index (χ0) is 9.68. The molecule has 1 aliphatic rings. The summed E-state index contributed by atoms with van der Waals surface area (Å²) in [5.41, 5.74) is 0. The third kappa shape index (κ3) is 3.63. The lowest BCUT2D eigenvalue weighted by atomic mass is 10.0. The molecule has 1 aliphatic heterocycles. The molecule has 3 heteroatoms. The highest BCUT2D eigenvalue weighted by Gasteiger charge is 2.24. The summed E-state index contributed by atoms with van der Waals surface area (Å²) < 4.78 is 5.65. The number of nitrogens with zero attached hydrogens (tertiary/aromatic N) is 1. The van der Waals surface area contributed by atoms with Crippen molar-refractivity contribution in [3.05, 3.63) is 0 Å². The molecule has 0 aromatic heterocycles. The molecule has 0 amide bonds. The summed E-state index contributed by atoms with van der Waals surface area (Å²) in [4.78, 5) is 2.34. The van der Waals surface area contributed by atoms with Crippen LogP contribution >= 0.6 is 0 Å². The van der Waals surface area contributed by atoms with Crippen molar-refractivity contribution in [2.45, 2.75) is 19.4 Å². The molecule has 0 aromatic rings. The highest BCUT2D eigenvalue weighted by Crippen LogP contribution is 2.20. The number of hydrogen-bond acceptors (Lipinski definition) is 3. The number of hydrogen-bond donors (Lipinski definition) is 1. The topological polar surface area (TPSA) is 24.5 Å². The average molecular weight is 186 g/mol. The van der Waals surface area contributed by atoms with Crippen LogP contribution in [0, 0.1) is 5.92 Å². The first-order chi connectivity index (χ1) is 6.24. The van der Waals surface area contributed by atoms with Gasteiger partial charge in [-0.2, -0.15) is 0 Å². The lowest BCUT2D eigenvalue weighted by Crippen LogP contribution is -2.35. The number of rotatable bonds is 5. The van der Waals surface area contributed by atoms with E-state index in [4.69, 9.17) is 4.74 Å². The molecule has 78 valence electrons. The van der Waals surface area contributed by atoms with Crippen molar-refractivity contribution in [3.8, 4) is 0 Å². The summed E-state index contributed by atoms with van der Waals surface area (Å²) in [6.45, 7) is 6.46. The van der Waals surface area contributed by atoms with Crippen LogP contribution in [0.15, 0.2) is 0 Å². The van der Waals surface area contributed by atoms with E-state index in [1.807, 2.05) is 7.05 Å². The minimum Gasteiger partial charge on any atom is -0.377 e. The second kappa shape index (κ2) is 5.58. The molecule has 0 aromatic carbocycles. The maximum absolute atomic E-state index is 5.65. The summed E-state index contributed by atoms with van der Waals surface area (Å²) in [5.74, 6) is 0.733. The van der Waals surface area contributed by atoms with Gasteiger partial charge >= 0.3 is 0 Å². The van der Waals surface area contributed by atoms with E-state index < -0.39 is 0 Å². The van der Waals surface area contributed by atoms with Crippen LogP contribution in [0.2, 0.25) is 0 Å². The molecule has 1 saturated heterocycles. The Kier molecular flexibility index (Phi) is 4.70. The molecule has 2 atom stereocenters. The smallest absolute Gasteiger partial charge is 0.0728 e. The molecule has 0 saturated carbocycles. The minimum absolute atomic E-state index is 0.460. The third-order valence-electron chi connectivity index (χ3n) is 2.77. The molecule has 1 rings (SSSR count). The fourth-order valence-corrected chi connectivity index (χ4v) is 1.69. The maximum atomic E-state index is 5.65. The first-order valence-corrected chi connectivity index (χ1v) is 5.18. The van der Waals surface area contributed by atoms with Crippen molar-refractivity contribution < 1.29 is 4.74 Å². The lowest BCUT2D eigenvalue weighted by molar-refractivity contribution is 0.0654. The van der Waals surface area contributed by atoms with Gasteiger partial charge in [0.25, 0.3) is 0 Å². The van der Waals surface area contributed by atoms with E-state index in [2.05, 4.69) is 24.2 Å². The highest BCUT2D eigenvalue weighted by molar-refractivity contribution is 4.75. The van der Waals surface area contributed by atoms with E-state index in [0.717, 1.165) is 32.2 Å². The fraction of sp³-hybridized carbons (Fsp3) is 1.00. The molecule has 3 nitrogen and oxygen atoms in total. The van der Waals surface area contributed by atoms with Gasteiger partial charge in [-0.25, -0.2) is 0 Å². The first-order valence-electron chi connectivity index (χ1n) is 5.18. The summed E-state index contributed by atoms with van der Waals surface area (Å²) >= 11 is 0. The standard InChI is InChI=1S/C10H22N2O/c1-9-4-7-13-10(9)8-12(3)6-5-11-2/h9-11H,4-8H2,1-3H3. The van der Waals surface area contributed by atoms with Gasteiger partial charge in [-0.05, 0) is 26.4 Å². The zero-order valence-electron chi connectivity index (χ0n) is 9.05. The summed E-state index contributed by atoms with van der Waals surface area (Å²) in [5, 5.41) is 3.15. The van der Waals surface area contributed by atoms with Gasteiger partial charge in [0.15, 0.2) is 0 Å². The Labute approximate surface area is 81.4 Å². The van der Waals surface area contributed by atoms with Crippen LogP contribution in [0.3, 0.4) is 0 Å². The van der Waals surface area contributed by atoms with Crippen molar-refractivity contribution in [3.63, 3.8) is 0 Å². The minimum atomic E-state index is 0.460. The van der Waals surface area contributed by atoms with Crippen LogP contribution in [-0.2, 0) is 4.74 Å². The second-order valence-corrected chi connectivity index (χ2v) is 4.04. The first kappa shape index (κ1) is 11.0. The molecule has 1 fully saturated rings. The van der Waals surface area contributed by atoms with E-state index >= 15 is 0 Å². The van der Waals surface area contributed by atoms with Gasteiger partial charge in [-0.3, -0.25) is 0 Å². The third-order valence-corrected chi connectivity index (χ3v) is 2.77. The average Bonchev–Trinajstić information content (AvgIpc) is 2.48. The zero-order valence-corrected chi connectivity index (χ0v) is 9.05. The number of nitrogens with one attached hydrogen (secondary N) is 1. The van der Waals surface area contributed by atoms with Crippen molar-refractivity contribution in [2.75, 3.05) is 40.3 Å². The number of likely N-dealkylation sites (N-methyl/N-ethyl adjacent to an activating group) is 2. The Morgan fingerprint density at radius 3 is 2.85 bits per heavy atom. The molecular weight excluding hydrogens is 164 g/mol. The van der Waals surface area contributed by atoms with Crippen LogP contribution in [0.1, 0.15) is 13.3 Å². The molecule has 2 unspecified atom stereocenters. The molecular formula is C10H22N2O. The molecule has 1 N–H and O–H groups in total. The lowest BCUT2D eigenvalue weighted by Gasteiger charge is -2.22. The van der Waals surface area contributed by atoms with E-state index in [-0.39, 0.29) is 0 Å². The van der Waals surface area contributed by atoms with Crippen molar-refractivity contribution in [1.29, 1.82) is 0 Å². The predicted molar refractivity (Wildman–Crippen MR) is 54.9 cm³/mol. The molecule has 0 aliphatic carbocycles. The Morgan fingerprint density at radius 2 is 2.31 bits per heavy atom. The number of ether oxygens (including phenoxy) is 1. The predicted octanol–water partition coefficient (Wildman–Crippen LogP) is 0.563. The Morgan fingerprint density at radius 1 is 1.54 bits per heavy atom. The summed E-state index contributed by atoms with van der Waals surface area (Å²) in [6.07, 6.45) is 1.69. The van der Waals surface area contributed by atoms with Gasteiger partial charge in [0.2, 0.25) is 0 Å². The normalized spacial score (nSPS) is 28.6. The quantitative estimate of drug-likeness (QED) is 0.679. The van der Waals surface area contributed by atoms with Gasteiger partial charge in [0, 0.05) is 26.2 Å². The van der Waals surface area contributed by atoms with Crippen molar-refractivity contribution in [2.24, 2.45) is 5.92 Å². The van der Waals surface area contributed by atoms with Gasteiger partial charge in [-0.15, -0.1) is 0 Å². The van der Waals surface area contributed by atoms with Gasteiger partial charge in [-0.1, -0.05) is 6.92 Å². The van der Waals surface area contributed by atoms with E-state index in [9.17, 15) is 0 Å². The van der Waals surface area contributed by atoms with Crippen LogP contribution < -0.4 is 5.32 Å². The Bertz CT molecular complexity index is 141. The van der Waals surface area contributed by atoms with E-state index in [1.165, 1.54) is 6.42 Å². The van der Waals surface area contributed by atoms with Crippen LogP contribution in [0.25, 0.3) is 0 Å². The van der Waals surface area contributed by atoms with Gasteiger partial charge < -0.3 is 15.0 Å². The van der Waals surface area contributed by atoms with Crippen molar-refractivity contribution in [1.82, 2.24) is 10.2 Å². The SMILES string of the molecule is CNCCN(C)CC1OCCC1C. The molecule has 0 spiro atoms. The molecule has 0 radical (unpaired) electrons. The van der Waals surface area contributed by atoms with Gasteiger partial charge in [0.1, 0.15) is 0 Å². The molecule has 0 bridgehead atoms. The summed E-state index contributed by atoms with van der Waals surface area (Å²) in [6, 6.07) is 0. The van der Waals surface area contributed by atoms with Crippen molar-refractivity contribution >= 4 is 0 Å². The van der Waals surface area contributed by atoms with Crippen LogP contribution in [-0.4, -0.2) is 51.3 Å². The second-order valence-electron chi connectivity index (χ2n) is 4.04. The van der Waals surface area contributed by atoms with Crippen LogP contribution in [0.4, 0.5) is 0 Å². The highest BCUT2D eigenvalue weighted by atomic mass is 16.5. The molecule has 13 heavy (non-hydrogen) atoms. The molecule has 1 heterocycles. The van der Waals surface area contributed by atoms with Gasteiger partial charge in [0.05, 0.1) is 6.10 Å². The largest absolute Gasteiger partial charge is 0.377 e. The monoisotopic (exact) mass is 186 g/mol. The van der Waals surface area contributed by atoms with E-state index in [1.54, 1.807) is 0 Å².